The number of nitrogens with zero attached hydrogens (tertiary/aromatic N) is 1. The Morgan fingerprint density at radius 2 is 1.87 bits per heavy atom. The maximum atomic E-state index is 10.2. The van der Waals surface area contributed by atoms with Crippen LogP contribution in [0.25, 0.3) is 0 Å². The number of piperidine rings is 1. The van der Waals surface area contributed by atoms with E-state index in [1.165, 1.54) is 42.5 Å². The van der Waals surface area contributed by atoms with Crippen molar-refractivity contribution in [2.24, 2.45) is 0 Å². The van der Waals surface area contributed by atoms with Gasteiger partial charge < -0.3 is 5.11 Å². The van der Waals surface area contributed by atoms with E-state index in [2.05, 4.69) is 41.3 Å². The quantitative estimate of drug-likeness (QED) is 0.921. The van der Waals surface area contributed by atoms with E-state index in [-0.39, 0.29) is 0 Å². The predicted octanol–water partition coefficient (Wildman–Crippen LogP) is 4.13. The summed E-state index contributed by atoms with van der Waals surface area (Å²) in [6.07, 6.45) is 5.88. The third-order valence-electron chi connectivity index (χ3n) is 5.70. The zero-order chi connectivity index (χ0) is 15.6. The molecule has 2 aromatic rings. The van der Waals surface area contributed by atoms with E-state index in [0.29, 0.717) is 17.7 Å². The molecule has 120 valence electrons. The molecule has 2 heteroatoms. The van der Waals surface area contributed by atoms with Gasteiger partial charge in [-0.2, -0.15) is 0 Å². The van der Waals surface area contributed by atoms with Gasteiger partial charge in [0.25, 0.3) is 0 Å². The molecule has 1 heterocycles. The Labute approximate surface area is 138 Å². The summed E-state index contributed by atoms with van der Waals surface area (Å²) in [7, 11) is 0. The number of hydrogen-bond acceptors (Lipinski definition) is 2. The van der Waals surface area contributed by atoms with Crippen LogP contribution >= 0.6 is 0 Å². The fraction of sp³-hybridized carbons (Fsp3) is 0.429. The van der Waals surface area contributed by atoms with Gasteiger partial charge in [-0.05, 0) is 67.3 Å². The van der Waals surface area contributed by atoms with Crippen molar-refractivity contribution in [1.82, 2.24) is 4.90 Å². The summed E-state index contributed by atoms with van der Waals surface area (Å²) < 4.78 is 0. The van der Waals surface area contributed by atoms with Crippen LogP contribution in [0.5, 0.6) is 5.75 Å². The lowest BCUT2D eigenvalue weighted by Gasteiger charge is -2.45. The van der Waals surface area contributed by atoms with Crippen LogP contribution in [0, 0.1) is 0 Å². The highest BCUT2D eigenvalue weighted by Crippen LogP contribution is 2.43. The molecule has 0 amide bonds. The van der Waals surface area contributed by atoms with Gasteiger partial charge in [0, 0.05) is 12.6 Å². The van der Waals surface area contributed by atoms with Crippen molar-refractivity contribution in [3.05, 3.63) is 65.2 Å². The Morgan fingerprint density at radius 3 is 2.74 bits per heavy atom. The normalized spacial score (nSPS) is 24.0. The van der Waals surface area contributed by atoms with E-state index in [1.807, 2.05) is 12.1 Å². The van der Waals surface area contributed by atoms with Crippen LogP contribution in [-0.4, -0.2) is 29.1 Å². The van der Waals surface area contributed by atoms with Gasteiger partial charge in [0.15, 0.2) is 0 Å². The van der Waals surface area contributed by atoms with Crippen LogP contribution in [-0.2, 0) is 12.8 Å². The molecule has 1 fully saturated rings. The van der Waals surface area contributed by atoms with Crippen molar-refractivity contribution >= 4 is 0 Å². The topological polar surface area (TPSA) is 23.5 Å². The number of aromatic hydroxyl groups is 1. The summed E-state index contributed by atoms with van der Waals surface area (Å²) in [4.78, 5) is 2.70. The Kier molecular flexibility index (Phi) is 4.09. The summed E-state index contributed by atoms with van der Waals surface area (Å²) in [5.41, 5.74) is 4.05. The summed E-state index contributed by atoms with van der Waals surface area (Å²) in [6, 6.07) is 17.6. The molecule has 2 aliphatic rings. The van der Waals surface area contributed by atoms with Gasteiger partial charge in [0.05, 0.1) is 0 Å². The van der Waals surface area contributed by atoms with E-state index in [1.54, 1.807) is 0 Å². The molecule has 0 unspecified atom stereocenters. The van der Waals surface area contributed by atoms with Crippen LogP contribution in [0.4, 0.5) is 0 Å². The van der Waals surface area contributed by atoms with Gasteiger partial charge >= 0.3 is 0 Å². The van der Waals surface area contributed by atoms with Crippen LogP contribution in [0.2, 0.25) is 0 Å². The van der Waals surface area contributed by atoms with Crippen LogP contribution in [0.3, 0.4) is 0 Å². The zero-order valence-corrected chi connectivity index (χ0v) is 13.6. The van der Waals surface area contributed by atoms with Crippen molar-refractivity contribution in [3.8, 4) is 5.75 Å². The number of hydrogen-bond donors (Lipinski definition) is 1. The summed E-state index contributed by atoms with van der Waals surface area (Å²) in [6.45, 7) is 2.38. The van der Waals surface area contributed by atoms with Gasteiger partial charge in [-0.15, -0.1) is 0 Å². The lowest BCUT2D eigenvalue weighted by atomic mass is 9.74. The van der Waals surface area contributed by atoms with Gasteiger partial charge in [0.2, 0.25) is 0 Å². The van der Waals surface area contributed by atoms with E-state index >= 15 is 0 Å². The fourth-order valence-electron chi connectivity index (χ4n) is 4.57. The SMILES string of the molecule is Oc1cccc2c1CC[C@@H]1[C@H]2CCCN1CCc1ccccc1. The standard InChI is InChI=1S/C21H25NO/c23-21-10-4-8-17-18-9-5-14-22(20(18)12-11-19(17)21)15-13-16-6-2-1-3-7-16/h1-4,6-8,10,18,20,23H,5,9,11-15H2/t18-,20+/m0/s1. The molecule has 1 N–H and O–H groups in total. The van der Waals surface area contributed by atoms with Crippen molar-refractivity contribution < 1.29 is 5.11 Å². The number of phenols is 1. The highest BCUT2D eigenvalue weighted by Gasteiger charge is 2.36. The van der Waals surface area contributed by atoms with Crippen molar-refractivity contribution in [1.29, 1.82) is 0 Å². The van der Waals surface area contributed by atoms with Gasteiger partial charge in [-0.25, -0.2) is 0 Å². The summed E-state index contributed by atoms with van der Waals surface area (Å²) in [5.74, 6) is 1.11. The second kappa shape index (κ2) is 6.37. The fourth-order valence-corrected chi connectivity index (χ4v) is 4.57. The van der Waals surface area contributed by atoms with Crippen molar-refractivity contribution in [2.75, 3.05) is 13.1 Å². The minimum atomic E-state index is 0.502. The first-order valence-electron chi connectivity index (χ1n) is 8.91. The second-order valence-corrected chi connectivity index (χ2v) is 6.97. The molecule has 0 radical (unpaired) electrons. The molecule has 0 aromatic heterocycles. The first-order valence-corrected chi connectivity index (χ1v) is 8.91. The van der Waals surface area contributed by atoms with E-state index < -0.39 is 0 Å². The molecular formula is C21H25NO. The lowest BCUT2D eigenvalue weighted by Crippen LogP contribution is -2.47. The van der Waals surface area contributed by atoms with Gasteiger partial charge in [-0.1, -0.05) is 42.5 Å². The zero-order valence-electron chi connectivity index (χ0n) is 13.6. The van der Waals surface area contributed by atoms with E-state index in [4.69, 9.17) is 0 Å². The van der Waals surface area contributed by atoms with Gasteiger partial charge in [0.1, 0.15) is 5.75 Å². The first-order chi connectivity index (χ1) is 11.3. The Hall–Kier alpha value is -1.80. The molecule has 1 aliphatic carbocycles. The Morgan fingerprint density at radius 1 is 1.00 bits per heavy atom. The van der Waals surface area contributed by atoms with Crippen molar-refractivity contribution in [2.45, 2.75) is 44.1 Å². The average molecular weight is 307 g/mol. The van der Waals surface area contributed by atoms with Crippen molar-refractivity contribution in [3.63, 3.8) is 0 Å². The lowest BCUT2D eigenvalue weighted by molar-refractivity contribution is 0.113. The number of phenolic OH excluding ortho intramolecular Hbond substituents is 1. The highest BCUT2D eigenvalue weighted by molar-refractivity contribution is 5.44. The van der Waals surface area contributed by atoms with Crippen LogP contribution < -0.4 is 0 Å². The molecule has 2 atom stereocenters. The highest BCUT2D eigenvalue weighted by atomic mass is 16.3. The first kappa shape index (κ1) is 14.8. The maximum Gasteiger partial charge on any atom is 0.119 e. The number of fused-ring (bicyclic) bond motifs is 3. The number of benzene rings is 2. The summed E-state index contributed by atoms with van der Waals surface area (Å²) >= 11 is 0. The Balaban J connectivity index is 1.51. The number of likely N-dealkylation sites (tertiary alicyclic amines) is 1. The molecule has 0 spiro atoms. The molecule has 2 aromatic carbocycles. The predicted molar refractivity (Wildman–Crippen MR) is 93.9 cm³/mol. The molecule has 0 bridgehead atoms. The number of rotatable bonds is 3. The van der Waals surface area contributed by atoms with E-state index in [9.17, 15) is 5.11 Å². The third kappa shape index (κ3) is 2.88. The monoisotopic (exact) mass is 307 g/mol. The largest absolute Gasteiger partial charge is 0.508 e. The smallest absolute Gasteiger partial charge is 0.119 e. The van der Waals surface area contributed by atoms with Gasteiger partial charge in [-0.3, -0.25) is 4.90 Å². The van der Waals surface area contributed by atoms with Crippen LogP contribution in [0.15, 0.2) is 48.5 Å². The molecule has 2 nitrogen and oxygen atoms in total. The Bertz CT molecular complexity index is 667. The molecule has 4 rings (SSSR count). The van der Waals surface area contributed by atoms with E-state index in [0.717, 1.165) is 19.4 Å². The minimum absolute atomic E-state index is 0.502. The molecular weight excluding hydrogens is 282 g/mol. The second-order valence-electron chi connectivity index (χ2n) is 6.97. The summed E-state index contributed by atoms with van der Waals surface area (Å²) in [5, 5.41) is 10.2. The van der Waals surface area contributed by atoms with Crippen LogP contribution in [0.1, 0.15) is 41.9 Å². The average Bonchev–Trinajstić information content (AvgIpc) is 2.61. The molecule has 1 saturated heterocycles. The molecule has 1 aliphatic heterocycles. The molecule has 23 heavy (non-hydrogen) atoms. The molecule has 0 saturated carbocycles. The minimum Gasteiger partial charge on any atom is -0.508 e. The maximum absolute atomic E-state index is 10.2. The third-order valence-corrected chi connectivity index (χ3v) is 5.70.